The lowest BCUT2D eigenvalue weighted by Crippen LogP contribution is -1.99. The van der Waals surface area contributed by atoms with Crippen LogP contribution in [0.4, 0.5) is 8.78 Å². The quantitative estimate of drug-likeness (QED) is 0.877. The van der Waals surface area contributed by atoms with Crippen LogP contribution in [0.5, 0.6) is 0 Å². The number of aliphatic hydroxyl groups excluding tert-OH is 1. The molecule has 0 aliphatic heterocycles. The van der Waals surface area contributed by atoms with Gasteiger partial charge in [0.2, 0.25) is 0 Å². The Bertz CT molecular complexity index is 317. The lowest BCUT2D eigenvalue weighted by Gasteiger charge is -2.07. The fraction of sp³-hybridized carbons (Fsp3) is 0.375. The number of rotatable bonds is 2. The number of alkyl halides is 2. The van der Waals surface area contributed by atoms with Gasteiger partial charge in [0.15, 0.2) is 0 Å². The van der Waals surface area contributed by atoms with Crippen molar-refractivity contribution in [3.8, 4) is 0 Å². The molecule has 0 spiro atoms. The van der Waals surface area contributed by atoms with Crippen LogP contribution in [0.25, 0.3) is 0 Å². The SMILES string of the molecule is Cc1nc(CO)c(Br)cc1C(F)F. The second-order valence-electron chi connectivity index (χ2n) is 2.55. The number of hydrogen-bond acceptors (Lipinski definition) is 2. The van der Waals surface area contributed by atoms with E-state index < -0.39 is 6.43 Å². The molecular formula is C8H8BrF2NO. The number of aryl methyl sites for hydroxylation is 1. The zero-order chi connectivity index (χ0) is 10.0. The molecule has 0 aliphatic carbocycles. The molecule has 0 aliphatic rings. The molecule has 0 saturated heterocycles. The molecule has 13 heavy (non-hydrogen) atoms. The lowest BCUT2D eigenvalue weighted by atomic mass is 10.2. The average Bonchev–Trinajstić information content (AvgIpc) is 2.07. The van der Waals surface area contributed by atoms with E-state index >= 15 is 0 Å². The number of nitrogens with zero attached hydrogens (tertiary/aromatic N) is 1. The highest BCUT2D eigenvalue weighted by atomic mass is 79.9. The van der Waals surface area contributed by atoms with Gasteiger partial charge in [0.25, 0.3) is 6.43 Å². The van der Waals surface area contributed by atoms with Crippen molar-refractivity contribution in [2.45, 2.75) is 20.0 Å². The normalized spacial score (nSPS) is 10.9. The monoisotopic (exact) mass is 251 g/mol. The highest BCUT2D eigenvalue weighted by Crippen LogP contribution is 2.26. The van der Waals surface area contributed by atoms with Gasteiger partial charge in [-0.1, -0.05) is 0 Å². The second kappa shape index (κ2) is 4.11. The summed E-state index contributed by atoms with van der Waals surface area (Å²) >= 11 is 3.05. The van der Waals surface area contributed by atoms with Gasteiger partial charge in [-0.05, 0) is 28.9 Å². The van der Waals surface area contributed by atoms with Crippen molar-refractivity contribution in [3.63, 3.8) is 0 Å². The van der Waals surface area contributed by atoms with E-state index in [-0.39, 0.29) is 17.9 Å². The summed E-state index contributed by atoms with van der Waals surface area (Å²) in [5, 5.41) is 8.79. The molecule has 0 bridgehead atoms. The van der Waals surface area contributed by atoms with E-state index in [9.17, 15) is 8.78 Å². The molecule has 0 atom stereocenters. The van der Waals surface area contributed by atoms with Crippen LogP contribution in [0.3, 0.4) is 0 Å². The van der Waals surface area contributed by atoms with Crippen molar-refractivity contribution in [1.29, 1.82) is 0 Å². The van der Waals surface area contributed by atoms with Crippen LogP contribution in [-0.4, -0.2) is 10.1 Å². The van der Waals surface area contributed by atoms with Gasteiger partial charge in [0, 0.05) is 15.7 Å². The van der Waals surface area contributed by atoms with Gasteiger partial charge < -0.3 is 5.11 Å². The maximum Gasteiger partial charge on any atom is 0.265 e. The molecule has 0 fully saturated rings. The minimum absolute atomic E-state index is 0.107. The predicted octanol–water partition coefficient (Wildman–Crippen LogP) is 2.58. The third-order valence-electron chi connectivity index (χ3n) is 1.66. The first-order valence-electron chi connectivity index (χ1n) is 3.61. The number of aromatic nitrogens is 1. The second-order valence-corrected chi connectivity index (χ2v) is 3.40. The molecule has 1 N–H and O–H groups in total. The molecule has 1 rings (SSSR count). The third-order valence-corrected chi connectivity index (χ3v) is 2.35. The Morgan fingerprint density at radius 2 is 2.23 bits per heavy atom. The van der Waals surface area contributed by atoms with Crippen LogP contribution < -0.4 is 0 Å². The minimum atomic E-state index is -2.53. The van der Waals surface area contributed by atoms with Gasteiger partial charge in [-0.3, -0.25) is 4.98 Å². The molecule has 1 aromatic heterocycles. The molecule has 5 heteroatoms. The van der Waals surface area contributed by atoms with E-state index in [1.807, 2.05) is 0 Å². The van der Waals surface area contributed by atoms with Crippen LogP contribution in [-0.2, 0) is 6.61 Å². The summed E-state index contributed by atoms with van der Waals surface area (Å²) in [5.41, 5.74) is 0.522. The number of aliphatic hydroxyl groups is 1. The number of pyridine rings is 1. The summed E-state index contributed by atoms with van der Waals surface area (Å²) in [5.74, 6) is 0. The van der Waals surface area contributed by atoms with Crippen LogP contribution >= 0.6 is 15.9 Å². The van der Waals surface area contributed by atoms with Crippen LogP contribution in [0.15, 0.2) is 10.5 Å². The molecule has 0 unspecified atom stereocenters. The zero-order valence-electron chi connectivity index (χ0n) is 6.89. The molecule has 0 amide bonds. The largest absolute Gasteiger partial charge is 0.390 e. The first kappa shape index (κ1) is 10.5. The first-order chi connectivity index (χ1) is 6.06. The minimum Gasteiger partial charge on any atom is -0.390 e. The van der Waals surface area contributed by atoms with Gasteiger partial charge >= 0.3 is 0 Å². The Labute approximate surface area is 82.7 Å². The molecule has 1 heterocycles. The van der Waals surface area contributed by atoms with E-state index in [1.54, 1.807) is 0 Å². The van der Waals surface area contributed by atoms with Gasteiger partial charge in [-0.15, -0.1) is 0 Å². The van der Waals surface area contributed by atoms with Crippen LogP contribution in [0, 0.1) is 6.92 Å². The molecule has 0 radical (unpaired) electrons. The third kappa shape index (κ3) is 2.22. The maximum absolute atomic E-state index is 12.3. The van der Waals surface area contributed by atoms with Crippen molar-refractivity contribution >= 4 is 15.9 Å². The van der Waals surface area contributed by atoms with Crippen molar-refractivity contribution in [1.82, 2.24) is 4.98 Å². The maximum atomic E-state index is 12.3. The van der Waals surface area contributed by atoms with Gasteiger partial charge in [-0.25, -0.2) is 8.78 Å². The fourth-order valence-electron chi connectivity index (χ4n) is 0.976. The number of hydrogen-bond donors (Lipinski definition) is 1. The topological polar surface area (TPSA) is 33.1 Å². The Morgan fingerprint density at radius 1 is 1.62 bits per heavy atom. The number of halogens is 3. The van der Waals surface area contributed by atoms with E-state index in [4.69, 9.17) is 5.11 Å². The van der Waals surface area contributed by atoms with Crippen LogP contribution in [0.2, 0.25) is 0 Å². The zero-order valence-corrected chi connectivity index (χ0v) is 8.48. The van der Waals surface area contributed by atoms with Crippen molar-refractivity contribution < 1.29 is 13.9 Å². The highest BCUT2D eigenvalue weighted by molar-refractivity contribution is 9.10. The fourth-order valence-corrected chi connectivity index (χ4v) is 1.44. The summed E-state index contributed by atoms with van der Waals surface area (Å²) in [4.78, 5) is 3.84. The Balaban J connectivity index is 3.20. The van der Waals surface area contributed by atoms with Crippen molar-refractivity contribution in [3.05, 3.63) is 27.5 Å². The summed E-state index contributed by atoms with van der Waals surface area (Å²) in [6.07, 6.45) is -2.53. The summed E-state index contributed by atoms with van der Waals surface area (Å²) in [7, 11) is 0. The Hall–Kier alpha value is -0.550. The molecule has 0 aromatic carbocycles. The Morgan fingerprint density at radius 3 is 2.69 bits per heavy atom. The average molecular weight is 252 g/mol. The van der Waals surface area contributed by atoms with Gasteiger partial charge in [0.05, 0.1) is 12.3 Å². The van der Waals surface area contributed by atoms with E-state index in [0.29, 0.717) is 10.2 Å². The first-order valence-corrected chi connectivity index (χ1v) is 4.40. The molecular weight excluding hydrogens is 244 g/mol. The van der Waals surface area contributed by atoms with E-state index in [1.165, 1.54) is 13.0 Å². The molecule has 2 nitrogen and oxygen atoms in total. The predicted molar refractivity (Wildman–Crippen MR) is 47.6 cm³/mol. The molecule has 0 saturated carbocycles. The van der Waals surface area contributed by atoms with E-state index in [2.05, 4.69) is 20.9 Å². The summed E-state index contributed by atoms with van der Waals surface area (Å²) in [6.45, 7) is 1.23. The Kier molecular flexibility index (Phi) is 3.33. The van der Waals surface area contributed by atoms with Gasteiger partial charge in [-0.2, -0.15) is 0 Å². The standard InChI is InChI=1S/C8H8BrF2NO/c1-4-5(8(10)11)2-6(9)7(3-13)12-4/h2,8,13H,3H2,1H3. The van der Waals surface area contributed by atoms with Gasteiger partial charge in [0.1, 0.15) is 0 Å². The lowest BCUT2D eigenvalue weighted by molar-refractivity contribution is 0.149. The summed E-state index contributed by atoms with van der Waals surface area (Å²) < 4.78 is 25.1. The smallest absolute Gasteiger partial charge is 0.265 e. The van der Waals surface area contributed by atoms with Crippen molar-refractivity contribution in [2.75, 3.05) is 0 Å². The summed E-state index contributed by atoms with van der Waals surface area (Å²) in [6, 6.07) is 1.29. The molecule has 72 valence electrons. The van der Waals surface area contributed by atoms with Crippen LogP contribution in [0.1, 0.15) is 23.4 Å². The molecule has 1 aromatic rings. The highest BCUT2D eigenvalue weighted by Gasteiger charge is 2.14. The van der Waals surface area contributed by atoms with Crippen molar-refractivity contribution in [2.24, 2.45) is 0 Å². The van der Waals surface area contributed by atoms with E-state index in [0.717, 1.165) is 0 Å².